The van der Waals surface area contributed by atoms with Crippen LogP contribution < -0.4 is 5.32 Å². The molecule has 0 unspecified atom stereocenters. The van der Waals surface area contributed by atoms with Gasteiger partial charge in [-0.1, -0.05) is 43.4 Å². The summed E-state index contributed by atoms with van der Waals surface area (Å²) in [4.78, 5) is 11.9. The van der Waals surface area contributed by atoms with E-state index in [9.17, 15) is 4.79 Å². The van der Waals surface area contributed by atoms with Gasteiger partial charge in [0.05, 0.1) is 0 Å². The molecule has 18 heavy (non-hydrogen) atoms. The van der Waals surface area contributed by atoms with Gasteiger partial charge in [0.2, 0.25) is 9.47 Å². The van der Waals surface area contributed by atoms with E-state index in [0.29, 0.717) is 5.92 Å². The van der Waals surface area contributed by atoms with E-state index >= 15 is 0 Å². The molecule has 0 spiro atoms. The number of benzene rings is 1. The minimum absolute atomic E-state index is 0.261. The second-order valence-corrected chi connectivity index (χ2v) is 5.62. The first-order valence-electron chi connectivity index (χ1n) is 5.47. The van der Waals surface area contributed by atoms with Crippen LogP contribution in [0.25, 0.3) is 0 Å². The molecule has 1 heterocycles. The average Bonchev–Trinajstić information content (AvgIpc) is 2.76. The molecule has 94 valence electrons. The van der Waals surface area contributed by atoms with E-state index in [1.807, 2.05) is 24.3 Å². The number of carbonyl (C=O) groups excluding carboxylic acids is 1. The van der Waals surface area contributed by atoms with Crippen LogP contribution in [0, 0.1) is 0 Å². The van der Waals surface area contributed by atoms with E-state index in [1.165, 1.54) is 0 Å². The maximum absolute atomic E-state index is 11.9. The van der Waals surface area contributed by atoms with Crippen LogP contribution in [0.1, 0.15) is 35.1 Å². The summed E-state index contributed by atoms with van der Waals surface area (Å²) in [7, 11) is 0. The second kappa shape index (κ2) is 5.46. The monoisotopic (exact) mass is 281 g/mol. The Balaban J connectivity index is 2.22. The Kier molecular flexibility index (Phi) is 3.93. The first kappa shape index (κ1) is 13.0. The van der Waals surface area contributed by atoms with Gasteiger partial charge in [-0.15, -0.1) is 10.2 Å². The highest BCUT2D eigenvalue weighted by molar-refractivity contribution is 7.17. The third-order valence-corrected chi connectivity index (χ3v) is 3.44. The third kappa shape index (κ3) is 2.86. The summed E-state index contributed by atoms with van der Waals surface area (Å²) in [5.74, 6) is 0.0482. The standard InChI is InChI=1S/C12H12ClN3OS/c1-7(2)8-5-3-4-6-9(8)14-10(17)11-15-16-12(13)18-11/h3-7H,1-2H3,(H,14,17). The normalized spacial score (nSPS) is 10.7. The number of hydrogen-bond acceptors (Lipinski definition) is 4. The number of amides is 1. The maximum Gasteiger partial charge on any atom is 0.286 e. The summed E-state index contributed by atoms with van der Waals surface area (Å²) < 4.78 is 0.261. The minimum atomic E-state index is -0.285. The quantitative estimate of drug-likeness (QED) is 0.936. The van der Waals surface area contributed by atoms with E-state index in [1.54, 1.807) is 0 Å². The minimum Gasteiger partial charge on any atom is -0.320 e. The van der Waals surface area contributed by atoms with Gasteiger partial charge in [0.1, 0.15) is 0 Å². The highest BCUT2D eigenvalue weighted by Crippen LogP contribution is 2.24. The zero-order valence-electron chi connectivity index (χ0n) is 9.98. The Hall–Kier alpha value is -1.46. The summed E-state index contributed by atoms with van der Waals surface area (Å²) in [5, 5.41) is 10.4. The number of nitrogens with one attached hydrogen (secondary N) is 1. The smallest absolute Gasteiger partial charge is 0.286 e. The molecule has 2 rings (SSSR count). The zero-order chi connectivity index (χ0) is 13.1. The van der Waals surface area contributed by atoms with Crippen LogP contribution in [-0.4, -0.2) is 16.1 Å². The van der Waals surface area contributed by atoms with Gasteiger partial charge >= 0.3 is 0 Å². The molecule has 0 saturated carbocycles. The average molecular weight is 282 g/mol. The molecule has 0 aliphatic heterocycles. The molecule has 0 aliphatic rings. The number of para-hydroxylation sites is 1. The largest absolute Gasteiger partial charge is 0.320 e. The topological polar surface area (TPSA) is 54.9 Å². The maximum atomic E-state index is 11.9. The summed E-state index contributed by atoms with van der Waals surface area (Å²) in [6.07, 6.45) is 0. The van der Waals surface area contributed by atoms with E-state index in [4.69, 9.17) is 11.6 Å². The number of carbonyl (C=O) groups is 1. The Morgan fingerprint density at radius 1 is 1.33 bits per heavy atom. The lowest BCUT2D eigenvalue weighted by molar-refractivity contribution is 0.102. The molecule has 0 radical (unpaired) electrons. The molecule has 1 N–H and O–H groups in total. The highest BCUT2D eigenvalue weighted by Gasteiger charge is 2.14. The lowest BCUT2D eigenvalue weighted by atomic mass is 10.0. The molecule has 0 fully saturated rings. The highest BCUT2D eigenvalue weighted by atomic mass is 35.5. The van der Waals surface area contributed by atoms with Gasteiger partial charge in [0.15, 0.2) is 0 Å². The molecule has 4 nitrogen and oxygen atoms in total. The van der Waals surface area contributed by atoms with Gasteiger partial charge in [-0.05, 0) is 29.1 Å². The molecule has 1 amide bonds. The number of anilines is 1. The molecule has 0 atom stereocenters. The van der Waals surface area contributed by atoms with Gasteiger partial charge in [0.25, 0.3) is 5.91 Å². The van der Waals surface area contributed by atoms with Crippen molar-refractivity contribution in [2.45, 2.75) is 19.8 Å². The second-order valence-electron chi connectivity index (χ2n) is 4.06. The lowest BCUT2D eigenvalue weighted by Gasteiger charge is -2.12. The molecular formula is C12H12ClN3OS. The summed E-state index contributed by atoms with van der Waals surface area (Å²) >= 11 is 6.71. The number of nitrogens with zero attached hydrogens (tertiary/aromatic N) is 2. The Morgan fingerprint density at radius 3 is 2.67 bits per heavy atom. The van der Waals surface area contributed by atoms with Crippen molar-refractivity contribution < 1.29 is 4.79 Å². The van der Waals surface area contributed by atoms with Crippen LogP contribution in [0.3, 0.4) is 0 Å². The van der Waals surface area contributed by atoms with Crippen molar-refractivity contribution in [2.75, 3.05) is 5.32 Å². The fourth-order valence-electron chi connectivity index (χ4n) is 1.59. The summed E-state index contributed by atoms with van der Waals surface area (Å²) in [5.41, 5.74) is 1.88. The molecular weight excluding hydrogens is 270 g/mol. The summed E-state index contributed by atoms with van der Waals surface area (Å²) in [6.45, 7) is 4.15. The van der Waals surface area contributed by atoms with Crippen molar-refractivity contribution in [3.63, 3.8) is 0 Å². The van der Waals surface area contributed by atoms with Gasteiger partial charge in [-0.25, -0.2) is 0 Å². The Bertz CT molecular complexity index is 568. The van der Waals surface area contributed by atoms with Crippen molar-refractivity contribution in [1.29, 1.82) is 0 Å². The van der Waals surface area contributed by atoms with Crippen molar-refractivity contribution in [2.24, 2.45) is 0 Å². The van der Waals surface area contributed by atoms with E-state index in [2.05, 4.69) is 29.4 Å². The number of aromatic nitrogens is 2. The number of halogens is 1. The molecule has 1 aromatic heterocycles. The molecule has 0 aliphatic carbocycles. The van der Waals surface area contributed by atoms with Gasteiger partial charge < -0.3 is 5.32 Å². The molecule has 6 heteroatoms. The van der Waals surface area contributed by atoms with Crippen LogP contribution in [-0.2, 0) is 0 Å². The first-order chi connectivity index (χ1) is 8.58. The fourth-order valence-corrected chi connectivity index (χ4v) is 2.31. The predicted molar refractivity (Wildman–Crippen MR) is 73.4 cm³/mol. The molecule has 1 aromatic carbocycles. The van der Waals surface area contributed by atoms with E-state index < -0.39 is 0 Å². The summed E-state index contributed by atoms with van der Waals surface area (Å²) in [6, 6.07) is 7.70. The van der Waals surface area contributed by atoms with Gasteiger partial charge in [-0.3, -0.25) is 4.79 Å². The van der Waals surface area contributed by atoms with Crippen molar-refractivity contribution in [3.05, 3.63) is 39.3 Å². The molecule has 2 aromatic rings. The predicted octanol–water partition coefficient (Wildman–Crippen LogP) is 3.57. The van der Waals surface area contributed by atoms with Crippen LogP contribution in [0.4, 0.5) is 5.69 Å². The SMILES string of the molecule is CC(C)c1ccccc1NC(=O)c1nnc(Cl)s1. The zero-order valence-corrected chi connectivity index (χ0v) is 11.5. The lowest BCUT2D eigenvalue weighted by Crippen LogP contribution is -2.13. The van der Waals surface area contributed by atoms with E-state index in [-0.39, 0.29) is 15.4 Å². The van der Waals surface area contributed by atoms with E-state index in [0.717, 1.165) is 22.6 Å². The van der Waals surface area contributed by atoms with Crippen LogP contribution in [0.5, 0.6) is 0 Å². The van der Waals surface area contributed by atoms with Crippen molar-refractivity contribution in [1.82, 2.24) is 10.2 Å². The Morgan fingerprint density at radius 2 is 2.06 bits per heavy atom. The Labute approximate surface area is 114 Å². The number of hydrogen-bond donors (Lipinski definition) is 1. The molecule has 0 saturated heterocycles. The van der Waals surface area contributed by atoms with Crippen LogP contribution in [0.15, 0.2) is 24.3 Å². The van der Waals surface area contributed by atoms with Crippen molar-refractivity contribution in [3.8, 4) is 0 Å². The van der Waals surface area contributed by atoms with Gasteiger partial charge in [0, 0.05) is 5.69 Å². The number of rotatable bonds is 3. The first-order valence-corrected chi connectivity index (χ1v) is 6.66. The van der Waals surface area contributed by atoms with Crippen LogP contribution in [0.2, 0.25) is 4.47 Å². The molecule has 0 bridgehead atoms. The van der Waals surface area contributed by atoms with Gasteiger partial charge in [-0.2, -0.15) is 0 Å². The third-order valence-electron chi connectivity index (χ3n) is 2.43. The van der Waals surface area contributed by atoms with Crippen LogP contribution >= 0.6 is 22.9 Å². The fraction of sp³-hybridized carbons (Fsp3) is 0.250. The van der Waals surface area contributed by atoms with Crippen molar-refractivity contribution >= 4 is 34.5 Å².